The SMILES string of the molecule is COc1ccc(C(=S)N2CCOCC2)cn1. The molecule has 0 aliphatic carbocycles. The number of hydrogen-bond donors (Lipinski definition) is 0. The maximum atomic E-state index is 5.41. The van der Waals surface area contributed by atoms with E-state index >= 15 is 0 Å². The first-order valence-corrected chi connectivity index (χ1v) is 5.59. The fraction of sp³-hybridized carbons (Fsp3) is 0.455. The Hall–Kier alpha value is -1.20. The largest absolute Gasteiger partial charge is 0.481 e. The molecule has 1 aliphatic heterocycles. The van der Waals surface area contributed by atoms with E-state index in [0.29, 0.717) is 5.88 Å². The zero-order valence-electron chi connectivity index (χ0n) is 9.18. The predicted octanol–water partition coefficient (Wildman–Crippen LogP) is 1.10. The van der Waals surface area contributed by atoms with Crippen molar-refractivity contribution < 1.29 is 9.47 Å². The molecule has 0 aromatic carbocycles. The molecule has 5 heteroatoms. The summed E-state index contributed by atoms with van der Waals surface area (Å²) in [5.41, 5.74) is 0.956. The highest BCUT2D eigenvalue weighted by atomic mass is 32.1. The van der Waals surface area contributed by atoms with Crippen LogP contribution in [0.4, 0.5) is 0 Å². The molecule has 0 bridgehead atoms. The third-order valence-electron chi connectivity index (χ3n) is 2.49. The number of pyridine rings is 1. The summed E-state index contributed by atoms with van der Waals surface area (Å²) in [6.07, 6.45) is 1.75. The number of methoxy groups -OCH3 is 1. The van der Waals surface area contributed by atoms with E-state index in [4.69, 9.17) is 21.7 Å². The molecule has 0 amide bonds. The summed E-state index contributed by atoms with van der Waals surface area (Å²) in [4.78, 5) is 7.12. The van der Waals surface area contributed by atoms with Gasteiger partial charge < -0.3 is 14.4 Å². The first kappa shape index (κ1) is 11.3. The van der Waals surface area contributed by atoms with Crippen LogP contribution in [0.2, 0.25) is 0 Å². The Morgan fingerprint density at radius 2 is 2.19 bits per heavy atom. The first-order valence-electron chi connectivity index (χ1n) is 5.18. The lowest BCUT2D eigenvalue weighted by Gasteiger charge is -2.29. The zero-order valence-corrected chi connectivity index (χ0v) is 10.00. The Kier molecular flexibility index (Phi) is 3.69. The molecular formula is C11H14N2O2S. The quantitative estimate of drug-likeness (QED) is 0.721. The minimum atomic E-state index is 0.605. The van der Waals surface area contributed by atoms with E-state index < -0.39 is 0 Å². The summed E-state index contributed by atoms with van der Waals surface area (Å²) in [5.74, 6) is 0.605. The Labute approximate surface area is 100 Å². The molecule has 16 heavy (non-hydrogen) atoms. The lowest BCUT2D eigenvalue weighted by molar-refractivity contribution is 0.0693. The number of morpholine rings is 1. The van der Waals surface area contributed by atoms with Crippen molar-refractivity contribution in [2.24, 2.45) is 0 Å². The van der Waals surface area contributed by atoms with Crippen LogP contribution in [-0.4, -0.2) is 48.3 Å². The lowest BCUT2D eigenvalue weighted by atomic mass is 10.2. The molecule has 0 saturated carbocycles. The van der Waals surface area contributed by atoms with Crippen LogP contribution in [0.1, 0.15) is 5.56 Å². The van der Waals surface area contributed by atoms with E-state index in [1.54, 1.807) is 13.3 Å². The topological polar surface area (TPSA) is 34.6 Å². The van der Waals surface area contributed by atoms with Gasteiger partial charge in [-0.2, -0.15) is 0 Å². The normalized spacial score (nSPS) is 15.9. The molecule has 0 unspecified atom stereocenters. The van der Waals surface area contributed by atoms with E-state index in [-0.39, 0.29) is 0 Å². The van der Waals surface area contributed by atoms with Crippen LogP contribution in [0.25, 0.3) is 0 Å². The van der Waals surface area contributed by atoms with Gasteiger partial charge in [0, 0.05) is 30.9 Å². The van der Waals surface area contributed by atoms with Gasteiger partial charge in [0.2, 0.25) is 5.88 Å². The van der Waals surface area contributed by atoms with Gasteiger partial charge in [0.05, 0.1) is 20.3 Å². The first-order chi connectivity index (χ1) is 7.81. The van der Waals surface area contributed by atoms with Crippen molar-refractivity contribution in [3.63, 3.8) is 0 Å². The zero-order chi connectivity index (χ0) is 11.4. The number of rotatable bonds is 2. The summed E-state index contributed by atoms with van der Waals surface area (Å²) >= 11 is 5.41. The number of hydrogen-bond acceptors (Lipinski definition) is 4. The molecule has 0 spiro atoms. The smallest absolute Gasteiger partial charge is 0.212 e. The number of aromatic nitrogens is 1. The molecule has 0 radical (unpaired) electrons. The molecule has 4 nitrogen and oxygen atoms in total. The van der Waals surface area contributed by atoms with Crippen molar-refractivity contribution in [1.29, 1.82) is 0 Å². The number of nitrogens with zero attached hydrogens (tertiary/aromatic N) is 2. The Morgan fingerprint density at radius 3 is 2.75 bits per heavy atom. The van der Waals surface area contributed by atoms with Gasteiger partial charge in [-0.25, -0.2) is 4.98 Å². The average molecular weight is 238 g/mol. The van der Waals surface area contributed by atoms with Crippen molar-refractivity contribution >= 4 is 17.2 Å². The minimum absolute atomic E-state index is 0.605. The van der Waals surface area contributed by atoms with Gasteiger partial charge in [0.25, 0.3) is 0 Å². The molecule has 1 fully saturated rings. The van der Waals surface area contributed by atoms with Crippen LogP contribution in [0, 0.1) is 0 Å². The maximum Gasteiger partial charge on any atom is 0.212 e. The molecule has 2 heterocycles. The summed E-state index contributed by atoms with van der Waals surface area (Å²) in [6, 6.07) is 3.76. The highest BCUT2D eigenvalue weighted by molar-refractivity contribution is 7.80. The van der Waals surface area contributed by atoms with Crippen molar-refractivity contribution in [2.45, 2.75) is 0 Å². The Bertz CT molecular complexity index is 361. The lowest BCUT2D eigenvalue weighted by Crippen LogP contribution is -2.40. The van der Waals surface area contributed by atoms with Crippen molar-refractivity contribution in [3.8, 4) is 5.88 Å². The second-order valence-electron chi connectivity index (χ2n) is 3.49. The van der Waals surface area contributed by atoms with Gasteiger partial charge in [-0.3, -0.25) is 0 Å². The third-order valence-corrected chi connectivity index (χ3v) is 2.98. The summed E-state index contributed by atoms with van der Waals surface area (Å²) < 4.78 is 10.3. The number of thiocarbonyl (C=S) groups is 1. The highest BCUT2D eigenvalue weighted by Crippen LogP contribution is 2.11. The predicted molar refractivity (Wildman–Crippen MR) is 64.9 cm³/mol. The highest BCUT2D eigenvalue weighted by Gasteiger charge is 2.15. The van der Waals surface area contributed by atoms with Crippen LogP contribution < -0.4 is 4.74 Å². The molecule has 1 aromatic heterocycles. The summed E-state index contributed by atoms with van der Waals surface area (Å²) in [7, 11) is 1.60. The van der Waals surface area contributed by atoms with Gasteiger partial charge in [0.15, 0.2) is 0 Å². The molecule has 0 N–H and O–H groups in total. The van der Waals surface area contributed by atoms with Gasteiger partial charge in [0.1, 0.15) is 4.99 Å². The van der Waals surface area contributed by atoms with E-state index in [9.17, 15) is 0 Å². The minimum Gasteiger partial charge on any atom is -0.481 e. The molecule has 0 atom stereocenters. The molecule has 2 rings (SSSR count). The van der Waals surface area contributed by atoms with Crippen molar-refractivity contribution in [3.05, 3.63) is 23.9 Å². The van der Waals surface area contributed by atoms with Crippen LogP contribution in [0.15, 0.2) is 18.3 Å². The summed E-state index contributed by atoms with van der Waals surface area (Å²) in [6.45, 7) is 3.18. The Balaban J connectivity index is 2.07. The third kappa shape index (κ3) is 2.48. The van der Waals surface area contributed by atoms with Gasteiger partial charge in [-0.15, -0.1) is 0 Å². The van der Waals surface area contributed by atoms with Gasteiger partial charge >= 0.3 is 0 Å². The molecular weight excluding hydrogens is 224 g/mol. The molecule has 86 valence electrons. The summed E-state index contributed by atoms with van der Waals surface area (Å²) in [5, 5.41) is 0. The maximum absolute atomic E-state index is 5.41. The van der Waals surface area contributed by atoms with E-state index in [1.807, 2.05) is 12.1 Å². The van der Waals surface area contributed by atoms with Crippen LogP contribution in [0.5, 0.6) is 5.88 Å². The fourth-order valence-electron chi connectivity index (χ4n) is 1.58. The van der Waals surface area contributed by atoms with Gasteiger partial charge in [-0.1, -0.05) is 12.2 Å². The standard InChI is InChI=1S/C11H14N2O2S/c1-14-10-3-2-9(8-12-10)11(16)13-4-6-15-7-5-13/h2-3,8H,4-7H2,1H3. The van der Waals surface area contributed by atoms with Crippen molar-refractivity contribution in [2.75, 3.05) is 33.4 Å². The van der Waals surface area contributed by atoms with Gasteiger partial charge in [-0.05, 0) is 6.07 Å². The molecule has 1 aromatic rings. The number of ether oxygens (including phenoxy) is 2. The average Bonchev–Trinajstić information content (AvgIpc) is 2.39. The second kappa shape index (κ2) is 5.23. The monoisotopic (exact) mass is 238 g/mol. The fourth-order valence-corrected chi connectivity index (χ4v) is 1.88. The van der Waals surface area contributed by atoms with E-state index in [0.717, 1.165) is 36.9 Å². The molecule has 1 aliphatic rings. The van der Waals surface area contributed by atoms with Crippen LogP contribution >= 0.6 is 12.2 Å². The second-order valence-corrected chi connectivity index (χ2v) is 3.88. The van der Waals surface area contributed by atoms with Crippen molar-refractivity contribution in [1.82, 2.24) is 9.88 Å². The Morgan fingerprint density at radius 1 is 1.44 bits per heavy atom. The van der Waals surface area contributed by atoms with E-state index in [2.05, 4.69) is 9.88 Å². The van der Waals surface area contributed by atoms with Crippen LogP contribution in [0.3, 0.4) is 0 Å². The van der Waals surface area contributed by atoms with E-state index in [1.165, 1.54) is 0 Å². The molecule has 1 saturated heterocycles. The van der Waals surface area contributed by atoms with Crippen LogP contribution in [-0.2, 0) is 4.74 Å².